The van der Waals surface area contributed by atoms with Crippen molar-refractivity contribution in [2.24, 2.45) is 5.84 Å². The van der Waals surface area contributed by atoms with Crippen LogP contribution in [0, 0.1) is 0 Å². The van der Waals surface area contributed by atoms with Gasteiger partial charge in [-0.3, -0.25) is 4.72 Å². The predicted octanol–water partition coefficient (Wildman–Crippen LogP) is 1.73. The Bertz CT molecular complexity index is 701. The first kappa shape index (κ1) is 14.3. The van der Waals surface area contributed by atoms with Gasteiger partial charge >= 0.3 is 0 Å². The van der Waals surface area contributed by atoms with Crippen LogP contribution in [0.15, 0.2) is 47.5 Å². The lowest BCUT2D eigenvalue weighted by molar-refractivity contribution is 0.601. The zero-order valence-corrected chi connectivity index (χ0v) is 11.8. The third-order valence-corrected chi connectivity index (χ3v) is 4.16. The molecule has 106 valence electrons. The summed E-state index contributed by atoms with van der Waals surface area (Å²) >= 11 is 0. The number of rotatable bonds is 5. The molecule has 0 aliphatic heterocycles. The van der Waals surface area contributed by atoms with Crippen molar-refractivity contribution < 1.29 is 8.42 Å². The number of benzene rings is 1. The number of aromatic nitrogens is 1. The van der Waals surface area contributed by atoms with E-state index in [2.05, 4.69) is 15.1 Å². The number of hydrazine groups is 1. The summed E-state index contributed by atoms with van der Waals surface area (Å²) < 4.78 is 27.1. The molecule has 1 aromatic heterocycles. The summed E-state index contributed by atoms with van der Waals surface area (Å²) in [4.78, 5) is 3.98. The summed E-state index contributed by atoms with van der Waals surface area (Å²) in [5, 5.41) is 0. The molecule has 0 unspecified atom stereocenters. The maximum atomic E-state index is 12.3. The molecule has 1 heterocycles. The summed E-state index contributed by atoms with van der Waals surface area (Å²) in [5.41, 5.74) is 3.91. The fourth-order valence-corrected chi connectivity index (χ4v) is 2.79. The maximum absolute atomic E-state index is 12.3. The molecule has 4 N–H and O–H groups in total. The molecular formula is C13H16N4O2S. The molecule has 0 bridgehead atoms. The van der Waals surface area contributed by atoms with Crippen molar-refractivity contribution in [2.45, 2.75) is 18.2 Å². The van der Waals surface area contributed by atoms with Gasteiger partial charge < -0.3 is 5.43 Å². The number of hydrogen-bond acceptors (Lipinski definition) is 5. The molecule has 0 atom stereocenters. The van der Waals surface area contributed by atoms with Gasteiger partial charge in [-0.15, -0.1) is 0 Å². The Morgan fingerprint density at radius 3 is 2.75 bits per heavy atom. The molecule has 0 saturated heterocycles. The maximum Gasteiger partial charge on any atom is 0.262 e. The van der Waals surface area contributed by atoms with Gasteiger partial charge in [0.05, 0.1) is 4.90 Å². The number of nitrogens with zero attached hydrogens (tertiary/aromatic N) is 1. The van der Waals surface area contributed by atoms with E-state index in [-0.39, 0.29) is 10.7 Å². The Morgan fingerprint density at radius 2 is 2.05 bits per heavy atom. The highest BCUT2D eigenvalue weighted by atomic mass is 32.2. The van der Waals surface area contributed by atoms with E-state index in [4.69, 9.17) is 5.84 Å². The van der Waals surface area contributed by atoms with Gasteiger partial charge in [0.15, 0.2) is 0 Å². The number of hydrogen-bond donors (Lipinski definition) is 3. The van der Waals surface area contributed by atoms with Crippen molar-refractivity contribution in [3.05, 3.63) is 48.2 Å². The van der Waals surface area contributed by atoms with E-state index in [1.54, 1.807) is 12.1 Å². The van der Waals surface area contributed by atoms with Gasteiger partial charge in [0.1, 0.15) is 5.82 Å². The third kappa shape index (κ3) is 3.25. The number of sulfonamides is 1. The van der Waals surface area contributed by atoms with Crippen LogP contribution < -0.4 is 16.0 Å². The number of aryl methyl sites for hydroxylation is 1. The van der Waals surface area contributed by atoms with Crippen LogP contribution in [0.1, 0.15) is 12.5 Å². The van der Waals surface area contributed by atoms with Crippen LogP contribution in [-0.4, -0.2) is 13.4 Å². The molecule has 20 heavy (non-hydrogen) atoms. The second-order valence-electron chi connectivity index (χ2n) is 4.18. The molecule has 0 fully saturated rings. The van der Waals surface area contributed by atoms with Crippen LogP contribution in [0.25, 0.3) is 0 Å². The lowest BCUT2D eigenvalue weighted by Crippen LogP contribution is -2.15. The van der Waals surface area contributed by atoms with Crippen LogP contribution in [0.2, 0.25) is 0 Å². The highest BCUT2D eigenvalue weighted by Crippen LogP contribution is 2.18. The molecule has 0 aliphatic rings. The lowest BCUT2D eigenvalue weighted by atomic mass is 10.1. The summed E-state index contributed by atoms with van der Waals surface area (Å²) in [6.07, 6.45) is 2.22. The highest BCUT2D eigenvalue weighted by molar-refractivity contribution is 7.92. The van der Waals surface area contributed by atoms with E-state index in [1.807, 2.05) is 19.1 Å². The van der Waals surface area contributed by atoms with Crippen molar-refractivity contribution in [1.82, 2.24) is 4.98 Å². The predicted molar refractivity (Wildman–Crippen MR) is 78.7 cm³/mol. The van der Waals surface area contributed by atoms with E-state index < -0.39 is 10.0 Å². The van der Waals surface area contributed by atoms with E-state index in [9.17, 15) is 8.42 Å². The van der Waals surface area contributed by atoms with Gasteiger partial charge in [-0.2, -0.15) is 0 Å². The van der Waals surface area contributed by atoms with Crippen molar-refractivity contribution in [3.8, 4) is 0 Å². The fourth-order valence-electron chi connectivity index (χ4n) is 1.73. The van der Waals surface area contributed by atoms with Crippen LogP contribution in [0.3, 0.4) is 0 Å². The van der Waals surface area contributed by atoms with Crippen molar-refractivity contribution in [1.29, 1.82) is 0 Å². The monoisotopic (exact) mass is 292 g/mol. The van der Waals surface area contributed by atoms with Crippen LogP contribution in [-0.2, 0) is 16.4 Å². The van der Waals surface area contributed by atoms with Gasteiger partial charge in [0.2, 0.25) is 0 Å². The summed E-state index contributed by atoms with van der Waals surface area (Å²) in [6, 6.07) is 10.1. The van der Waals surface area contributed by atoms with Crippen molar-refractivity contribution in [3.63, 3.8) is 0 Å². The smallest absolute Gasteiger partial charge is 0.262 e. The molecule has 7 heteroatoms. The molecule has 0 saturated carbocycles. The van der Waals surface area contributed by atoms with Crippen molar-refractivity contribution >= 4 is 21.5 Å². The molecule has 6 nitrogen and oxygen atoms in total. The second kappa shape index (κ2) is 5.89. The van der Waals surface area contributed by atoms with Gasteiger partial charge in [-0.05, 0) is 30.2 Å². The second-order valence-corrected chi connectivity index (χ2v) is 5.86. The fraction of sp³-hybridized carbons (Fsp3) is 0.154. The summed E-state index contributed by atoms with van der Waals surface area (Å²) in [7, 11) is -3.66. The van der Waals surface area contributed by atoms with Crippen LogP contribution in [0.4, 0.5) is 11.5 Å². The Kier molecular flexibility index (Phi) is 4.21. The first-order chi connectivity index (χ1) is 9.55. The summed E-state index contributed by atoms with van der Waals surface area (Å²) in [6.45, 7) is 2.01. The number of nitrogens with one attached hydrogen (secondary N) is 2. The molecule has 2 rings (SSSR count). The van der Waals surface area contributed by atoms with E-state index in [0.717, 1.165) is 12.0 Å². The quantitative estimate of drug-likeness (QED) is 0.576. The SMILES string of the molecule is CCc1cccc(NS(=O)(=O)c2ccnc(NN)c2)c1. The lowest BCUT2D eigenvalue weighted by Gasteiger charge is -2.09. The molecule has 0 spiro atoms. The zero-order valence-electron chi connectivity index (χ0n) is 11.0. The minimum Gasteiger partial charge on any atom is -0.308 e. The van der Waals surface area contributed by atoms with E-state index in [0.29, 0.717) is 5.69 Å². The zero-order chi connectivity index (χ0) is 14.6. The van der Waals surface area contributed by atoms with Gasteiger partial charge in [-0.1, -0.05) is 19.1 Å². The van der Waals surface area contributed by atoms with Crippen molar-refractivity contribution in [2.75, 3.05) is 10.1 Å². The Hall–Kier alpha value is -2.12. The number of nitrogen functional groups attached to an aromatic ring is 1. The Morgan fingerprint density at radius 1 is 1.25 bits per heavy atom. The molecular weight excluding hydrogens is 276 g/mol. The molecule has 0 aliphatic carbocycles. The first-order valence-electron chi connectivity index (χ1n) is 6.09. The molecule has 0 radical (unpaired) electrons. The highest BCUT2D eigenvalue weighted by Gasteiger charge is 2.15. The van der Waals surface area contributed by atoms with Crippen LogP contribution >= 0.6 is 0 Å². The summed E-state index contributed by atoms with van der Waals surface area (Å²) in [5.74, 6) is 5.51. The average Bonchev–Trinajstić information content (AvgIpc) is 2.47. The number of nitrogens with two attached hydrogens (primary N) is 1. The first-order valence-corrected chi connectivity index (χ1v) is 7.58. The van der Waals surface area contributed by atoms with Gasteiger partial charge in [0, 0.05) is 18.0 Å². The third-order valence-electron chi connectivity index (χ3n) is 2.78. The van der Waals surface area contributed by atoms with E-state index >= 15 is 0 Å². The number of pyridine rings is 1. The minimum atomic E-state index is -3.66. The normalized spacial score (nSPS) is 11.1. The minimum absolute atomic E-state index is 0.0994. The van der Waals surface area contributed by atoms with Gasteiger partial charge in [0.25, 0.3) is 10.0 Å². The van der Waals surface area contributed by atoms with Gasteiger partial charge in [-0.25, -0.2) is 19.2 Å². The van der Waals surface area contributed by atoms with Crippen LogP contribution in [0.5, 0.6) is 0 Å². The topological polar surface area (TPSA) is 97.1 Å². The van der Waals surface area contributed by atoms with E-state index in [1.165, 1.54) is 18.3 Å². The largest absolute Gasteiger partial charge is 0.308 e. The Balaban J connectivity index is 2.30. The molecule has 0 amide bonds. The molecule has 1 aromatic carbocycles. The standard InChI is InChI=1S/C13H16N4O2S/c1-2-10-4-3-5-11(8-10)17-20(18,19)12-6-7-15-13(9-12)16-14/h3-9,17H,2,14H2,1H3,(H,15,16). The average molecular weight is 292 g/mol. The molecule has 2 aromatic rings. The number of anilines is 2. The Labute approximate surface area is 118 Å².